The van der Waals surface area contributed by atoms with Crippen molar-refractivity contribution in [2.24, 2.45) is 11.8 Å². The van der Waals surface area contributed by atoms with Gasteiger partial charge in [0.1, 0.15) is 0 Å². The first kappa shape index (κ1) is 6.45. The van der Waals surface area contributed by atoms with Gasteiger partial charge in [-0.3, -0.25) is 0 Å². The molecule has 2 atom stereocenters. The molecule has 10 heavy (non-hydrogen) atoms. The fourth-order valence-electron chi connectivity index (χ4n) is 2.21. The lowest BCUT2D eigenvalue weighted by atomic mass is 9.74. The SMILES string of the molecule is [CH]1CCCC2CCC=CC12. The Bertz CT molecular complexity index is 135. The van der Waals surface area contributed by atoms with Gasteiger partial charge in [0.05, 0.1) is 0 Å². The van der Waals surface area contributed by atoms with Crippen molar-refractivity contribution in [1.82, 2.24) is 0 Å². The maximum absolute atomic E-state index is 2.50. The first-order valence-electron chi connectivity index (χ1n) is 4.47. The monoisotopic (exact) mass is 135 g/mol. The third-order valence-corrected chi connectivity index (χ3v) is 2.82. The van der Waals surface area contributed by atoms with Crippen molar-refractivity contribution in [1.29, 1.82) is 0 Å². The van der Waals surface area contributed by atoms with Gasteiger partial charge < -0.3 is 0 Å². The molecule has 1 fully saturated rings. The predicted octanol–water partition coefficient (Wildman–Crippen LogP) is 2.96. The van der Waals surface area contributed by atoms with Gasteiger partial charge in [-0.1, -0.05) is 18.6 Å². The van der Waals surface area contributed by atoms with Gasteiger partial charge in [0.2, 0.25) is 0 Å². The molecule has 0 bridgehead atoms. The van der Waals surface area contributed by atoms with E-state index in [0.29, 0.717) is 0 Å². The van der Waals surface area contributed by atoms with Crippen LogP contribution in [0.3, 0.4) is 0 Å². The Balaban J connectivity index is 2.03. The van der Waals surface area contributed by atoms with Crippen molar-refractivity contribution in [3.63, 3.8) is 0 Å². The molecule has 2 unspecified atom stereocenters. The highest BCUT2D eigenvalue weighted by Crippen LogP contribution is 2.35. The molecule has 0 N–H and O–H groups in total. The molecule has 0 aliphatic heterocycles. The van der Waals surface area contributed by atoms with E-state index >= 15 is 0 Å². The number of hydrogen-bond acceptors (Lipinski definition) is 0. The van der Waals surface area contributed by atoms with Crippen LogP contribution < -0.4 is 0 Å². The first-order chi connectivity index (χ1) is 4.97. The van der Waals surface area contributed by atoms with Crippen LogP contribution in [0.5, 0.6) is 0 Å². The summed E-state index contributed by atoms with van der Waals surface area (Å²) < 4.78 is 0. The van der Waals surface area contributed by atoms with E-state index in [9.17, 15) is 0 Å². The van der Waals surface area contributed by atoms with Gasteiger partial charge in [-0.2, -0.15) is 0 Å². The fraction of sp³-hybridized carbons (Fsp3) is 0.700. The van der Waals surface area contributed by atoms with E-state index in [4.69, 9.17) is 0 Å². The summed E-state index contributed by atoms with van der Waals surface area (Å²) in [5.74, 6) is 1.86. The topological polar surface area (TPSA) is 0 Å². The lowest BCUT2D eigenvalue weighted by Crippen LogP contribution is -2.20. The minimum absolute atomic E-state index is 0.850. The molecular weight excluding hydrogens is 120 g/mol. The van der Waals surface area contributed by atoms with Gasteiger partial charge in [-0.15, -0.1) is 0 Å². The van der Waals surface area contributed by atoms with E-state index < -0.39 is 0 Å². The van der Waals surface area contributed by atoms with E-state index in [0.717, 1.165) is 11.8 Å². The second-order valence-electron chi connectivity index (χ2n) is 3.51. The molecule has 0 nitrogen and oxygen atoms in total. The zero-order valence-corrected chi connectivity index (χ0v) is 6.42. The van der Waals surface area contributed by atoms with Crippen LogP contribution in [0.25, 0.3) is 0 Å². The Labute approximate surface area is 63.3 Å². The van der Waals surface area contributed by atoms with Gasteiger partial charge in [-0.25, -0.2) is 0 Å². The fourth-order valence-corrected chi connectivity index (χ4v) is 2.21. The molecule has 2 aliphatic carbocycles. The molecular formula is C10H15. The molecule has 0 amide bonds. The second-order valence-corrected chi connectivity index (χ2v) is 3.51. The van der Waals surface area contributed by atoms with Crippen LogP contribution in [0.1, 0.15) is 32.1 Å². The number of hydrogen-bond donors (Lipinski definition) is 0. The summed E-state index contributed by atoms with van der Waals surface area (Å²) in [6.45, 7) is 0. The molecule has 2 rings (SSSR count). The summed E-state index contributed by atoms with van der Waals surface area (Å²) in [7, 11) is 0. The van der Waals surface area contributed by atoms with Crippen molar-refractivity contribution < 1.29 is 0 Å². The maximum Gasteiger partial charge on any atom is -0.0174 e. The molecule has 0 saturated heterocycles. The van der Waals surface area contributed by atoms with E-state index in [2.05, 4.69) is 18.6 Å². The first-order valence-corrected chi connectivity index (χ1v) is 4.47. The smallest absolute Gasteiger partial charge is 0.0174 e. The summed E-state index contributed by atoms with van der Waals surface area (Å²) >= 11 is 0. The molecule has 0 aromatic carbocycles. The quantitative estimate of drug-likeness (QED) is 0.448. The summed E-state index contributed by atoms with van der Waals surface area (Å²) in [5, 5.41) is 0. The summed E-state index contributed by atoms with van der Waals surface area (Å²) in [5.41, 5.74) is 0. The molecule has 2 aliphatic rings. The van der Waals surface area contributed by atoms with Crippen LogP contribution in [0, 0.1) is 18.3 Å². The zero-order chi connectivity index (χ0) is 6.81. The Hall–Kier alpha value is -0.260. The molecule has 55 valence electrons. The molecule has 0 aromatic rings. The average molecular weight is 135 g/mol. The standard InChI is InChI=1S/C10H15/c1-2-6-10-8-4-3-7-9(10)5-1/h1,5,7,9-10H,2-4,6,8H2. The Morgan fingerprint density at radius 3 is 3.00 bits per heavy atom. The Kier molecular flexibility index (Phi) is 1.79. The van der Waals surface area contributed by atoms with Crippen LogP contribution in [0.2, 0.25) is 0 Å². The van der Waals surface area contributed by atoms with Crippen LogP contribution in [-0.4, -0.2) is 0 Å². The lowest BCUT2D eigenvalue weighted by molar-refractivity contribution is 0.314. The van der Waals surface area contributed by atoms with Crippen LogP contribution in [0.4, 0.5) is 0 Å². The number of rotatable bonds is 0. The van der Waals surface area contributed by atoms with Crippen molar-refractivity contribution in [2.45, 2.75) is 32.1 Å². The van der Waals surface area contributed by atoms with Gasteiger partial charge in [-0.05, 0) is 43.9 Å². The predicted molar refractivity (Wildman–Crippen MR) is 43.5 cm³/mol. The largest absolute Gasteiger partial charge is 0.0882 e. The maximum atomic E-state index is 2.50. The summed E-state index contributed by atoms with van der Waals surface area (Å²) in [6.07, 6.45) is 14.3. The minimum Gasteiger partial charge on any atom is -0.0882 e. The van der Waals surface area contributed by atoms with Crippen molar-refractivity contribution in [3.8, 4) is 0 Å². The van der Waals surface area contributed by atoms with Gasteiger partial charge in [0, 0.05) is 0 Å². The summed E-state index contributed by atoms with van der Waals surface area (Å²) in [4.78, 5) is 0. The molecule has 0 spiro atoms. The van der Waals surface area contributed by atoms with Crippen LogP contribution >= 0.6 is 0 Å². The summed E-state index contributed by atoms with van der Waals surface area (Å²) in [6, 6.07) is 0. The van der Waals surface area contributed by atoms with E-state index in [1.165, 1.54) is 32.1 Å². The van der Waals surface area contributed by atoms with E-state index in [1.54, 1.807) is 0 Å². The third-order valence-electron chi connectivity index (χ3n) is 2.82. The Morgan fingerprint density at radius 1 is 1.10 bits per heavy atom. The van der Waals surface area contributed by atoms with E-state index in [1.807, 2.05) is 0 Å². The van der Waals surface area contributed by atoms with Crippen LogP contribution in [0.15, 0.2) is 12.2 Å². The van der Waals surface area contributed by atoms with Crippen molar-refractivity contribution in [3.05, 3.63) is 18.6 Å². The molecule has 0 aromatic heterocycles. The number of fused-ring (bicyclic) bond motifs is 1. The second kappa shape index (κ2) is 2.77. The normalized spacial score (nSPS) is 39.2. The highest BCUT2D eigenvalue weighted by Gasteiger charge is 2.24. The van der Waals surface area contributed by atoms with Gasteiger partial charge in [0.15, 0.2) is 0 Å². The lowest BCUT2D eigenvalue weighted by Gasteiger charge is -2.31. The Morgan fingerprint density at radius 2 is 2.10 bits per heavy atom. The molecule has 1 saturated carbocycles. The van der Waals surface area contributed by atoms with E-state index in [-0.39, 0.29) is 0 Å². The third kappa shape index (κ3) is 1.12. The van der Waals surface area contributed by atoms with Crippen molar-refractivity contribution >= 4 is 0 Å². The molecule has 1 radical (unpaired) electrons. The van der Waals surface area contributed by atoms with Crippen molar-refractivity contribution in [2.75, 3.05) is 0 Å². The molecule has 0 heteroatoms. The minimum atomic E-state index is 0.850. The highest BCUT2D eigenvalue weighted by molar-refractivity contribution is 5.04. The van der Waals surface area contributed by atoms with Gasteiger partial charge >= 0.3 is 0 Å². The zero-order valence-electron chi connectivity index (χ0n) is 6.42. The average Bonchev–Trinajstić information content (AvgIpc) is 2.05. The highest BCUT2D eigenvalue weighted by atomic mass is 14.3. The number of allylic oxidation sites excluding steroid dienone is 2. The molecule has 0 heterocycles. The van der Waals surface area contributed by atoms with Gasteiger partial charge in [0.25, 0.3) is 0 Å². The van der Waals surface area contributed by atoms with Crippen LogP contribution in [-0.2, 0) is 0 Å².